The van der Waals surface area contributed by atoms with E-state index < -0.39 is 5.60 Å². The molecule has 0 amide bonds. The third-order valence-corrected chi connectivity index (χ3v) is 2.25. The molecule has 2 unspecified atom stereocenters. The van der Waals surface area contributed by atoms with Crippen LogP contribution < -0.4 is 0 Å². The number of aliphatic hydroxyl groups is 1. The van der Waals surface area contributed by atoms with Crippen molar-refractivity contribution in [3.8, 4) is 0 Å². The Hall–Kier alpha value is -0.120. The highest BCUT2D eigenvalue weighted by atomic mass is 79.9. The molecule has 1 rings (SSSR count). The van der Waals surface area contributed by atoms with E-state index in [2.05, 4.69) is 15.9 Å². The van der Waals surface area contributed by atoms with Crippen LogP contribution >= 0.6 is 15.9 Å². The first-order valence-corrected chi connectivity index (χ1v) is 4.17. The van der Waals surface area contributed by atoms with Gasteiger partial charge in [0.2, 0.25) is 0 Å². The number of allylic oxidation sites excluding steroid dienone is 2. The van der Waals surface area contributed by atoms with E-state index in [0.29, 0.717) is 0 Å². The molecule has 0 spiro atoms. The molecule has 0 aromatic carbocycles. The molecule has 1 aliphatic rings. The molecule has 0 radical (unpaired) electrons. The van der Waals surface area contributed by atoms with Crippen molar-refractivity contribution < 1.29 is 9.84 Å². The molecule has 0 aliphatic heterocycles. The first-order valence-electron chi connectivity index (χ1n) is 3.38. The highest BCUT2D eigenvalue weighted by Crippen LogP contribution is 2.25. The molecule has 0 saturated carbocycles. The summed E-state index contributed by atoms with van der Waals surface area (Å²) in [5.41, 5.74) is -0.883. The molecule has 1 aliphatic carbocycles. The molecule has 3 heteroatoms. The average Bonchev–Trinajstić information content (AvgIpc) is 1.94. The number of halogens is 1. The molecule has 0 bridgehead atoms. The highest BCUT2D eigenvalue weighted by Gasteiger charge is 2.29. The van der Waals surface area contributed by atoms with Crippen molar-refractivity contribution in [1.29, 1.82) is 0 Å². The minimum Gasteiger partial charge on any atom is -0.383 e. The zero-order valence-electron chi connectivity index (χ0n) is 6.54. The van der Waals surface area contributed by atoms with E-state index in [1.807, 2.05) is 12.2 Å². The van der Waals surface area contributed by atoms with Gasteiger partial charge in [-0.05, 0) is 25.2 Å². The second kappa shape index (κ2) is 3.09. The van der Waals surface area contributed by atoms with Crippen LogP contribution in [0.4, 0.5) is 0 Å². The smallest absolute Gasteiger partial charge is 0.110 e. The molecular formula is C8H11BrO2. The van der Waals surface area contributed by atoms with E-state index in [1.165, 1.54) is 0 Å². The Morgan fingerprint density at radius 3 is 2.82 bits per heavy atom. The minimum atomic E-state index is -0.883. The summed E-state index contributed by atoms with van der Waals surface area (Å²) in [6, 6.07) is 0. The summed E-state index contributed by atoms with van der Waals surface area (Å²) in [5.74, 6) is 0. The van der Waals surface area contributed by atoms with Crippen molar-refractivity contribution in [3.05, 3.63) is 22.7 Å². The second-order valence-corrected chi connectivity index (χ2v) is 3.68. The minimum absolute atomic E-state index is 0.262. The summed E-state index contributed by atoms with van der Waals surface area (Å²) in [6.45, 7) is 1.72. The standard InChI is InChI=1S/C8H11BrO2/c1-8(10)4-3-6(9)5-7(8)11-2/h3-5,7,10H,1-2H3. The molecular weight excluding hydrogens is 208 g/mol. The van der Waals surface area contributed by atoms with Gasteiger partial charge in [0.25, 0.3) is 0 Å². The van der Waals surface area contributed by atoms with Gasteiger partial charge in [-0.25, -0.2) is 0 Å². The fourth-order valence-electron chi connectivity index (χ4n) is 1.02. The monoisotopic (exact) mass is 218 g/mol. The zero-order chi connectivity index (χ0) is 8.48. The van der Waals surface area contributed by atoms with Gasteiger partial charge >= 0.3 is 0 Å². The molecule has 1 N–H and O–H groups in total. The van der Waals surface area contributed by atoms with E-state index in [4.69, 9.17) is 4.74 Å². The lowest BCUT2D eigenvalue weighted by Crippen LogP contribution is -2.38. The quantitative estimate of drug-likeness (QED) is 0.725. The Bertz CT molecular complexity index is 206. The van der Waals surface area contributed by atoms with Gasteiger partial charge in [0.05, 0.1) is 0 Å². The van der Waals surface area contributed by atoms with E-state index in [0.717, 1.165) is 4.48 Å². The maximum absolute atomic E-state index is 9.67. The Kier molecular flexibility index (Phi) is 2.52. The van der Waals surface area contributed by atoms with Crippen LogP contribution in [-0.2, 0) is 4.74 Å². The van der Waals surface area contributed by atoms with Crippen LogP contribution in [0.15, 0.2) is 22.7 Å². The first-order chi connectivity index (χ1) is 5.06. The van der Waals surface area contributed by atoms with Gasteiger partial charge in [-0.2, -0.15) is 0 Å². The van der Waals surface area contributed by atoms with Gasteiger partial charge in [-0.15, -0.1) is 0 Å². The summed E-state index contributed by atoms with van der Waals surface area (Å²) < 4.78 is 6.01. The van der Waals surface area contributed by atoms with Crippen molar-refractivity contribution >= 4 is 15.9 Å². The van der Waals surface area contributed by atoms with Crippen LogP contribution in [0, 0.1) is 0 Å². The Balaban J connectivity index is 2.84. The maximum atomic E-state index is 9.67. The Morgan fingerprint density at radius 1 is 1.73 bits per heavy atom. The predicted octanol–water partition coefficient (Wildman–Crippen LogP) is 1.60. The molecule has 0 aromatic heterocycles. The number of hydrogen-bond acceptors (Lipinski definition) is 2. The van der Waals surface area contributed by atoms with E-state index in [1.54, 1.807) is 20.1 Å². The van der Waals surface area contributed by atoms with Crippen LogP contribution in [0.2, 0.25) is 0 Å². The van der Waals surface area contributed by atoms with Crippen molar-refractivity contribution in [2.75, 3.05) is 7.11 Å². The zero-order valence-corrected chi connectivity index (χ0v) is 8.13. The molecule has 11 heavy (non-hydrogen) atoms. The van der Waals surface area contributed by atoms with Crippen molar-refractivity contribution in [2.45, 2.75) is 18.6 Å². The van der Waals surface area contributed by atoms with Gasteiger partial charge in [0, 0.05) is 11.6 Å². The van der Waals surface area contributed by atoms with Crippen molar-refractivity contribution in [2.24, 2.45) is 0 Å². The number of rotatable bonds is 1. The molecule has 2 atom stereocenters. The van der Waals surface area contributed by atoms with Crippen LogP contribution in [0.3, 0.4) is 0 Å². The van der Waals surface area contributed by atoms with Gasteiger partial charge < -0.3 is 9.84 Å². The fourth-order valence-corrected chi connectivity index (χ4v) is 1.39. The largest absolute Gasteiger partial charge is 0.383 e. The van der Waals surface area contributed by atoms with Crippen LogP contribution in [0.25, 0.3) is 0 Å². The van der Waals surface area contributed by atoms with E-state index in [-0.39, 0.29) is 6.10 Å². The molecule has 0 heterocycles. The second-order valence-electron chi connectivity index (χ2n) is 2.77. The summed E-state index contributed by atoms with van der Waals surface area (Å²) in [4.78, 5) is 0. The fraction of sp³-hybridized carbons (Fsp3) is 0.500. The molecule has 0 saturated heterocycles. The Morgan fingerprint density at radius 2 is 2.36 bits per heavy atom. The molecule has 0 aromatic rings. The number of ether oxygens (including phenoxy) is 1. The number of methoxy groups -OCH3 is 1. The number of hydrogen-bond donors (Lipinski definition) is 1. The van der Waals surface area contributed by atoms with Gasteiger partial charge in [0.15, 0.2) is 0 Å². The van der Waals surface area contributed by atoms with Gasteiger partial charge in [-0.3, -0.25) is 0 Å². The van der Waals surface area contributed by atoms with Crippen LogP contribution in [-0.4, -0.2) is 23.9 Å². The SMILES string of the molecule is COC1C=C(Br)C=CC1(C)O. The lowest BCUT2D eigenvalue weighted by atomic mass is 9.95. The molecule has 62 valence electrons. The maximum Gasteiger partial charge on any atom is 0.110 e. The lowest BCUT2D eigenvalue weighted by molar-refractivity contribution is -0.0256. The van der Waals surface area contributed by atoms with Gasteiger partial charge in [0.1, 0.15) is 11.7 Å². The van der Waals surface area contributed by atoms with Crippen LogP contribution in [0.1, 0.15) is 6.92 Å². The Labute approximate surface area is 74.7 Å². The highest BCUT2D eigenvalue weighted by molar-refractivity contribution is 9.11. The van der Waals surface area contributed by atoms with Crippen molar-refractivity contribution in [1.82, 2.24) is 0 Å². The third kappa shape index (κ3) is 1.92. The first kappa shape index (κ1) is 8.97. The predicted molar refractivity (Wildman–Crippen MR) is 47.6 cm³/mol. The average molecular weight is 219 g/mol. The lowest BCUT2D eigenvalue weighted by Gasteiger charge is -2.29. The third-order valence-electron chi connectivity index (χ3n) is 1.72. The van der Waals surface area contributed by atoms with Gasteiger partial charge in [-0.1, -0.05) is 15.9 Å². The summed E-state index contributed by atoms with van der Waals surface area (Å²) in [6.07, 6.45) is 5.10. The van der Waals surface area contributed by atoms with Crippen molar-refractivity contribution in [3.63, 3.8) is 0 Å². The summed E-state index contributed by atoms with van der Waals surface area (Å²) in [5, 5.41) is 9.67. The summed E-state index contributed by atoms with van der Waals surface area (Å²) in [7, 11) is 1.58. The van der Waals surface area contributed by atoms with E-state index in [9.17, 15) is 5.11 Å². The normalized spacial score (nSPS) is 37.1. The van der Waals surface area contributed by atoms with E-state index >= 15 is 0 Å². The molecule has 2 nitrogen and oxygen atoms in total. The van der Waals surface area contributed by atoms with Crippen LogP contribution in [0.5, 0.6) is 0 Å². The summed E-state index contributed by atoms with van der Waals surface area (Å²) >= 11 is 3.30. The topological polar surface area (TPSA) is 29.5 Å². The molecule has 0 fully saturated rings.